The van der Waals surface area contributed by atoms with Gasteiger partial charge in [-0.05, 0) is 48.9 Å². The second-order valence-electron chi connectivity index (χ2n) is 8.00. The Kier molecular flexibility index (Phi) is 5.45. The van der Waals surface area contributed by atoms with Crippen LogP contribution in [0, 0.1) is 0 Å². The van der Waals surface area contributed by atoms with E-state index in [0.29, 0.717) is 11.5 Å². The first kappa shape index (κ1) is 21.0. The lowest BCUT2D eigenvalue weighted by molar-refractivity contribution is 0.276. The molecule has 0 aliphatic heterocycles. The fourth-order valence-corrected chi connectivity index (χ4v) is 3.93. The first-order valence-corrected chi connectivity index (χ1v) is 10.9. The number of pyridine rings is 2. The van der Waals surface area contributed by atoms with Crippen molar-refractivity contribution >= 4 is 10.9 Å². The molecule has 5 rings (SSSR count). The summed E-state index contributed by atoms with van der Waals surface area (Å²) in [4.78, 5) is 9.39. The van der Waals surface area contributed by atoms with Gasteiger partial charge in [-0.2, -0.15) is 10.2 Å². The molecule has 4 heterocycles. The lowest BCUT2D eigenvalue weighted by Gasteiger charge is -2.12. The van der Waals surface area contributed by atoms with Gasteiger partial charge in [-0.15, -0.1) is 0 Å². The van der Waals surface area contributed by atoms with Crippen LogP contribution >= 0.6 is 0 Å². The molecule has 5 aromatic rings. The highest BCUT2D eigenvalue weighted by Crippen LogP contribution is 2.34. The van der Waals surface area contributed by atoms with Crippen LogP contribution in [0.25, 0.3) is 39.2 Å². The number of rotatable bonds is 6. The molecule has 1 aromatic carbocycles. The molecular formula is C25H25N7O. The van der Waals surface area contributed by atoms with E-state index in [1.165, 1.54) is 0 Å². The minimum absolute atomic E-state index is 0.111. The first-order valence-electron chi connectivity index (χ1n) is 10.9. The molecule has 4 aromatic heterocycles. The van der Waals surface area contributed by atoms with Gasteiger partial charge in [-0.3, -0.25) is 9.67 Å². The van der Waals surface area contributed by atoms with E-state index in [1.807, 2.05) is 55.8 Å². The van der Waals surface area contributed by atoms with Crippen molar-refractivity contribution in [2.75, 3.05) is 0 Å². The fraction of sp³-hybridized carbons (Fsp3) is 0.200. The summed E-state index contributed by atoms with van der Waals surface area (Å²) in [6.45, 7) is 1.92. The minimum Gasteiger partial charge on any atom is -0.390 e. The quantitative estimate of drug-likeness (QED) is 0.417. The van der Waals surface area contributed by atoms with Gasteiger partial charge in [-0.1, -0.05) is 19.1 Å². The summed E-state index contributed by atoms with van der Waals surface area (Å²) < 4.78 is 3.57. The number of aliphatic hydroxyl groups is 1. The van der Waals surface area contributed by atoms with E-state index in [1.54, 1.807) is 15.4 Å². The number of hydrogen-bond donors (Lipinski definition) is 2. The van der Waals surface area contributed by atoms with Crippen molar-refractivity contribution in [2.24, 2.45) is 12.8 Å². The number of aromatic nitrogens is 6. The highest BCUT2D eigenvalue weighted by Gasteiger charge is 2.17. The summed E-state index contributed by atoms with van der Waals surface area (Å²) in [5.41, 5.74) is 12.2. The van der Waals surface area contributed by atoms with Crippen LogP contribution < -0.4 is 5.73 Å². The van der Waals surface area contributed by atoms with E-state index in [0.717, 1.165) is 45.5 Å². The second-order valence-corrected chi connectivity index (χ2v) is 8.00. The van der Waals surface area contributed by atoms with Gasteiger partial charge >= 0.3 is 0 Å². The van der Waals surface area contributed by atoms with Crippen molar-refractivity contribution in [1.82, 2.24) is 29.5 Å². The van der Waals surface area contributed by atoms with Crippen molar-refractivity contribution in [2.45, 2.75) is 26.0 Å². The zero-order valence-electron chi connectivity index (χ0n) is 18.6. The molecule has 8 nitrogen and oxygen atoms in total. The average Bonchev–Trinajstić information content (AvgIpc) is 3.49. The van der Waals surface area contributed by atoms with E-state index >= 15 is 0 Å². The van der Waals surface area contributed by atoms with E-state index in [2.05, 4.69) is 34.2 Å². The van der Waals surface area contributed by atoms with Crippen molar-refractivity contribution in [3.8, 4) is 28.3 Å². The maximum atomic E-state index is 9.53. The van der Waals surface area contributed by atoms with Crippen molar-refractivity contribution in [1.29, 1.82) is 0 Å². The smallest absolute Gasteiger partial charge is 0.154 e. The van der Waals surface area contributed by atoms with Crippen LogP contribution in [0.4, 0.5) is 0 Å². The molecule has 0 radical (unpaired) electrons. The van der Waals surface area contributed by atoms with E-state index < -0.39 is 0 Å². The third kappa shape index (κ3) is 3.90. The Balaban J connectivity index is 1.75. The normalized spacial score (nSPS) is 12.4. The van der Waals surface area contributed by atoms with Gasteiger partial charge in [0.1, 0.15) is 0 Å². The molecule has 0 aliphatic rings. The van der Waals surface area contributed by atoms with E-state index in [4.69, 9.17) is 10.7 Å². The summed E-state index contributed by atoms with van der Waals surface area (Å²) >= 11 is 0. The van der Waals surface area contributed by atoms with E-state index in [9.17, 15) is 5.11 Å². The molecule has 1 atom stereocenters. The number of hydrogen-bond acceptors (Lipinski definition) is 6. The van der Waals surface area contributed by atoms with Crippen LogP contribution in [0.3, 0.4) is 0 Å². The fourth-order valence-electron chi connectivity index (χ4n) is 3.93. The first-order chi connectivity index (χ1) is 16.1. The molecule has 8 heteroatoms. The third-order valence-corrected chi connectivity index (χ3v) is 5.74. The number of nitrogens with zero attached hydrogens (tertiary/aromatic N) is 6. The Morgan fingerprint density at radius 1 is 1.03 bits per heavy atom. The Hall–Kier alpha value is -3.88. The number of benzene rings is 1. The molecule has 0 bridgehead atoms. The molecule has 0 saturated heterocycles. The highest BCUT2D eigenvalue weighted by molar-refractivity contribution is 5.97. The molecule has 0 spiro atoms. The standard InChI is InChI=1S/C25H25N7O/c1-3-20(26)23-8-5-7-21(29-23)16-12-18(22-10-11-31(2)30-22)19-14-27-32(24(19)13-16)25-9-4-6-17(15-33)28-25/h4-14,20,33H,3,15,26H2,1-2H3. The Labute approximate surface area is 191 Å². The van der Waals surface area contributed by atoms with Gasteiger partial charge in [0.2, 0.25) is 0 Å². The minimum atomic E-state index is -0.133. The van der Waals surface area contributed by atoms with Crippen LogP contribution in [-0.2, 0) is 13.7 Å². The summed E-state index contributed by atoms with van der Waals surface area (Å²) in [7, 11) is 1.90. The largest absolute Gasteiger partial charge is 0.390 e. The van der Waals surface area contributed by atoms with Gasteiger partial charge in [0, 0.05) is 35.8 Å². The maximum Gasteiger partial charge on any atom is 0.154 e. The molecule has 3 N–H and O–H groups in total. The summed E-state index contributed by atoms with van der Waals surface area (Å²) in [5, 5.41) is 19.7. The van der Waals surface area contributed by atoms with E-state index in [-0.39, 0.29) is 12.6 Å². The van der Waals surface area contributed by atoms with Gasteiger partial charge in [0.25, 0.3) is 0 Å². The number of aliphatic hydroxyl groups excluding tert-OH is 1. The van der Waals surface area contributed by atoms with Gasteiger partial charge in [0.05, 0.1) is 41.1 Å². The molecule has 1 unspecified atom stereocenters. The molecule has 0 saturated carbocycles. The average molecular weight is 440 g/mol. The summed E-state index contributed by atoms with van der Waals surface area (Å²) in [6, 6.07) is 17.5. The SMILES string of the molecule is CCC(N)c1cccc(-c2cc(-c3ccn(C)n3)c3cnn(-c4cccc(CO)n4)c3c2)n1. The lowest BCUT2D eigenvalue weighted by atomic mass is 10.0. The second kappa shape index (κ2) is 8.57. The number of aryl methyl sites for hydroxylation is 1. The molecule has 0 aliphatic carbocycles. The van der Waals surface area contributed by atoms with Crippen LogP contribution in [0.2, 0.25) is 0 Å². The molecule has 166 valence electrons. The number of nitrogens with two attached hydrogens (primary N) is 1. The zero-order valence-corrected chi connectivity index (χ0v) is 18.6. The number of fused-ring (bicyclic) bond motifs is 1. The van der Waals surface area contributed by atoms with Crippen LogP contribution in [0.5, 0.6) is 0 Å². The topological polar surface area (TPSA) is 108 Å². The van der Waals surface area contributed by atoms with Crippen LogP contribution in [0.15, 0.2) is 67.0 Å². The highest BCUT2D eigenvalue weighted by atomic mass is 16.3. The van der Waals surface area contributed by atoms with Crippen LogP contribution in [-0.4, -0.2) is 34.6 Å². The summed E-state index contributed by atoms with van der Waals surface area (Å²) in [6.07, 6.45) is 4.56. The zero-order chi connectivity index (χ0) is 22.9. The molecule has 0 amide bonds. The predicted molar refractivity (Wildman–Crippen MR) is 127 cm³/mol. The monoisotopic (exact) mass is 439 g/mol. The predicted octanol–water partition coefficient (Wildman–Crippen LogP) is 3.79. The maximum absolute atomic E-state index is 9.53. The Morgan fingerprint density at radius 3 is 2.64 bits per heavy atom. The van der Waals surface area contributed by atoms with Crippen molar-refractivity contribution in [3.63, 3.8) is 0 Å². The molecular weight excluding hydrogens is 414 g/mol. The van der Waals surface area contributed by atoms with Gasteiger partial charge in [-0.25, -0.2) is 9.67 Å². The summed E-state index contributed by atoms with van der Waals surface area (Å²) in [5.74, 6) is 0.635. The molecule has 0 fully saturated rings. The van der Waals surface area contributed by atoms with Crippen molar-refractivity contribution in [3.05, 3.63) is 78.4 Å². The third-order valence-electron chi connectivity index (χ3n) is 5.74. The van der Waals surface area contributed by atoms with Crippen LogP contribution in [0.1, 0.15) is 30.8 Å². The lowest BCUT2D eigenvalue weighted by Crippen LogP contribution is -2.10. The Morgan fingerprint density at radius 2 is 1.88 bits per heavy atom. The van der Waals surface area contributed by atoms with Gasteiger partial charge in [0.15, 0.2) is 5.82 Å². The van der Waals surface area contributed by atoms with Gasteiger partial charge < -0.3 is 10.8 Å². The van der Waals surface area contributed by atoms with Crippen molar-refractivity contribution < 1.29 is 5.11 Å². The Bertz CT molecular complexity index is 1440. The molecule has 33 heavy (non-hydrogen) atoms.